The number of phenols is 1. The SMILES string of the molecule is CCS(=O)(=O)c1ccc(O)c(NC(=O)C(C)n2nc(C(F)(F)F)cc2C)c1. The Morgan fingerprint density at radius 2 is 1.96 bits per heavy atom. The summed E-state index contributed by atoms with van der Waals surface area (Å²) in [6, 6.07) is 3.09. The average Bonchev–Trinajstić information content (AvgIpc) is 2.98. The number of nitrogens with one attached hydrogen (secondary N) is 1. The lowest BCUT2D eigenvalue weighted by molar-refractivity contribution is -0.141. The number of carbonyl (C=O) groups excluding carboxylic acids is 1. The summed E-state index contributed by atoms with van der Waals surface area (Å²) in [7, 11) is -3.57. The van der Waals surface area contributed by atoms with Crippen LogP contribution in [0.5, 0.6) is 5.75 Å². The van der Waals surface area contributed by atoms with Gasteiger partial charge in [0.25, 0.3) is 0 Å². The van der Waals surface area contributed by atoms with E-state index < -0.39 is 33.7 Å². The van der Waals surface area contributed by atoms with E-state index in [-0.39, 0.29) is 27.8 Å². The first kappa shape index (κ1) is 20.7. The molecule has 0 aliphatic heterocycles. The molecular formula is C16H18F3N3O4S. The minimum atomic E-state index is -4.65. The van der Waals surface area contributed by atoms with Gasteiger partial charge < -0.3 is 10.4 Å². The van der Waals surface area contributed by atoms with Crippen LogP contribution in [0.4, 0.5) is 18.9 Å². The minimum Gasteiger partial charge on any atom is -0.506 e. The van der Waals surface area contributed by atoms with Crippen LogP contribution in [0.2, 0.25) is 0 Å². The number of hydrogen-bond donors (Lipinski definition) is 2. The lowest BCUT2D eigenvalue weighted by Gasteiger charge is -2.16. The average molecular weight is 405 g/mol. The number of aromatic nitrogens is 2. The van der Waals surface area contributed by atoms with Crippen molar-refractivity contribution < 1.29 is 31.5 Å². The highest BCUT2D eigenvalue weighted by molar-refractivity contribution is 7.91. The summed E-state index contributed by atoms with van der Waals surface area (Å²) >= 11 is 0. The van der Waals surface area contributed by atoms with E-state index in [9.17, 15) is 31.5 Å². The molecule has 1 unspecified atom stereocenters. The summed E-state index contributed by atoms with van der Waals surface area (Å²) in [5, 5.41) is 15.6. The quantitative estimate of drug-likeness (QED) is 0.745. The Bertz CT molecular complexity index is 968. The van der Waals surface area contributed by atoms with Crippen molar-refractivity contribution in [1.29, 1.82) is 0 Å². The largest absolute Gasteiger partial charge is 0.506 e. The van der Waals surface area contributed by atoms with Crippen LogP contribution < -0.4 is 5.32 Å². The molecule has 27 heavy (non-hydrogen) atoms. The van der Waals surface area contributed by atoms with Gasteiger partial charge in [-0.25, -0.2) is 8.42 Å². The maximum absolute atomic E-state index is 12.8. The summed E-state index contributed by atoms with van der Waals surface area (Å²) in [6.07, 6.45) is -4.65. The smallest absolute Gasteiger partial charge is 0.435 e. The molecule has 11 heteroatoms. The fourth-order valence-electron chi connectivity index (χ4n) is 2.34. The molecule has 0 bridgehead atoms. The number of hydrogen-bond acceptors (Lipinski definition) is 5. The molecule has 0 aliphatic rings. The molecule has 0 fully saturated rings. The summed E-state index contributed by atoms with van der Waals surface area (Å²) in [5.41, 5.74) is -1.17. The number of halogens is 3. The molecule has 7 nitrogen and oxygen atoms in total. The molecular weight excluding hydrogens is 387 g/mol. The van der Waals surface area contributed by atoms with Gasteiger partial charge in [-0.3, -0.25) is 9.48 Å². The van der Waals surface area contributed by atoms with Crippen molar-refractivity contribution in [2.45, 2.75) is 37.9 Å². The van der Waals surface area contributed by atoms with Crippen LogP contribution in [0.15, 0.2) is 29.2 Å². The molecule has 0 saturated heterocycles. The van der Waals surface area contributed by atoms with Gasteiger partial charge in [-0.05, 0) is 38.1 Å². The number of carbonyl (C=O) groups is 1. The molecule has 1 aromatic carbocycles. The van der Waals surface area contributed by atoms with Gasteiger partial charge in [0.1, 0.15) is 11.8 Å². The van der Waals surface area contributed by atoms with E-state index in [1.165, 1.54) is 26.8 Å². The first-order valence-corrected chi connectivity index (χ1v) is 9.52. The van der Waals surface area contributed by atoms with Gasteiger partial charge in [-0.15, -0.1) is 0 Å². The van der Waals surface area contributed by atoms with Gasteiger partial charge >= 0.3 is 6.18 Å². The maximum atomic E-state index is 12.8. The van der Waals surface area contributed by atoms with E-state index in [0.29, 0.717) is 0 Å². The van der Waals surface area contributed by atoms with Crippen molar-refractivity contribution in [2.24, 2.45) is 0 Å². The normalized spacial score (nSPS) is 13.4. The second-order valence-corrected chi connectivity index (χ2v) is 8.14. The maximum Gasteiger partial charge on any atom is 0.435 e. The van der Waals surface area contributed by atoms with Crippen LogP contribution in [-0.2, 0) is 20.8 Å². The Kier molecular flexibility index (Phi) is 5.55. The number of aromatic hydroxyl groups is 1. The van der Waals surface area contributed by atoms with Crippen molar-refractivity contribution in [2.75, 3.05) is 11.1 Å². The molecule has 0 saturated carbocycles. The molecule has 1 aromatic heterocycles. The molecule has 1 amide bonds. The summed E-state index contributed by atoms with van der Waals surface area (Å²) < 4.78 is 63.1. The Hall–Kier alpha value is -2.56. The third kappa shape index (κ3) is 4.41. The molecule has 2 aromatic rings. The van der Waals surface area contributed by atoms with Gasteiger partial charge in [0.2, 0.25) is 5.91 Å². The van der Waals surface area contributed by atoms with Crippen LogP contribution in [0.1, 0.15) is 31.3 Å². The third-order valence-corrected chi connectivity index (χ3v) is 5.66. The zero-order valence-corrected chi connectivity index (χ0v) is 15.5. The number of rotatable bonds is 5. The van der Waals surface area contributed by atoms with E-state index in [0.717, 1.165) is 22.9 Å². The van der Waals surface area contributed by atoms with E-state index in [1.807, 2.05) is 0 Å². The van der Waals surface area contributed by atoms with Crippen LogP contribution in [-0.4, -0.2) is 35.0 Å². The standard InChI is InChI=1S/C16H18F3N3O4S/c1-4-27(25,26)11-5-6-13(23)12(8-11)20-15(24)10(3)22-9(2)7-14(21-22)16(17,18)19/h5-8,10,23H,4H2,1-3H3,(H,20,24). The number of alkyl halides is 3. The number of nitrogens with zero attached hydrogens (tertiary/aromatic N) is 2. The van der Waals surface area contributed by atoms with Gasteiger partial charge in [-0.1, -0.05) is 6.92 Å². The molecule has 0 aliphatic carbocycles. The van der Waals surface area contributed by atoms with Gasteiger partial charge in [-0.2, -0.15) is 18.3 Å². The number of benzene rings is 1. The first-order valence-electron chi connectivity index (χ1n) is 7.86. The molecule has 148 valence electrons. The Morgan fingerprint density at radius 3 is 2.48 bits per heavy atom. The summed E-state index contributed by atoms with van der Waals surface area (Å²) in [5.74, 6) is -1.32. The molecule has 1 heterocycles. The number of sulfone groups is 1. The fourth-order valence-corrected chi connectivity index (χ4v) is 3.25. The zero-order valence-electron chi connectivity index (χ0n) is 14.7. The monoisotopic (exact) mass is 405 g/mol. The van der Waals surface area contributed by atoms with E-state index in [1.54, 1.807) is 0 Å². The number of amides is 1. The molecule has 0 radical (unpaired) electrons. The summed E-state index contributed by atoms with van der Waals surface area (Å²) in [4.78, 5) is 12.3. The third-order valence-electron chi connectivity index (χ3n) is 3.92. The highest BCUT2D eigenvalue weighted by Crippen LogP contribution is 2.30. The minimum absolute atomic E-state index is 0.0969. The molecule has 1 atom stereocenters. The fraction of sp³-hybridized carbons (Fsp3) is 0.375. The van der Waals surface area contributed by atoms with Gasteiger partial charge in [0.15, 0.2) is 15.5 Å². The molecule has 2 N–H and O–H groups in total. The van der Waals surface area contributed by atoms with E-state index in [2.05, 4.69) is 10.4 Å². The lowest BCUT2D eigenvalue weighted by Crippen LogP contribution is -2.25. The first-order chi connectivity index (χ1) is 12.4. The van der Waals surface area contributed by atoms with Crippen molar-refractivity contribution in [3.8, 4) is 5.75 Å². The second-order valence-electron chi connectivity index (χ2n) is 5.86. The zero-order chi connectivity index (χ0) is 20.6. The lowest BCUT2D eigenvalue weighted by atomic mass is 10.2. The highest BCUT2D eigenvalue weighted by Gasteiger charge is 2.35. The molecule has 0 spiro atoms. The summed E-state index contributed by atoms with van der Waals surface area (Å²) in [6.45, 7) is 4.15. The van der Waals surface area contributed by atoms with E-state index in [4.69, 9.17) is 0 Å². The molecule has 2 rings (SSSR count). The van der Waals surface area contributed by atoms with Crippen molar-refractivity contribution in [3.63, 3.8) is 0 Å². The number of aryl methyl sites for hydroxylation is 1. The Morgan fingerprint density at radius 1 is 1.33 bits per heavy atom. The van der Waals surface area contributed by atoms with E-state index >= 15 is 0 Å². The van der Waals surface area contributed by atoms with Gasteiger partial charge in [0, 0.05) is 5.69 Å². The Balaban J connectivity index is 2.30. The Labute approximate surface area is 153 Å². The van der Waals surface area contributed by atoms with Crippen LogP contribution >= 0.6 is 0 Å². The topological polar surface area (TPSA) is 101 Å². The van der Waals surface area contributed by atoms with Crippen LogP contribution in [0, 0.1) is 6.92 Å². The second kappa shape index (κ2) is 7.22. The number of phenolic OH excluding ortho intramolecular Hbond substituents is 1. The number of anilines is 1. The van der Waals surface area contributed by atoms with Crippen molar-refractivity contribution in [1.82, 2.24) is 9.78 Å². The van der Waals surface area contributed by atoms with Gasteiger partial charge in [0.05, 0.1) is 16.3 Å². The van der Waals surface area contributed by atoms with Crippen molar-refractivity contribution >= 4 is 21.4 Å². The van der Waals surface area contributed by atoms with Crippen LogP contribution in [0.3, 0.4) is 0 Å². The van der Waals surface area contributed by atoms with Crippen LogP contribution in [0.25, 0.3) is 0 Å². The van der Waals surface area contributed by atoms with Crippen molar-refractivity contribution in [3.05, 3.63) is 35.7 Å². The highest BCUT2D eigenvalue weighted by atomic mass is 32.2. The predicted molar refractivity (Wildman–Crippen MR) is 91.1 cm³/mol. The predicted octanol–water partition coefficient (Wildman–Crippen LogP) is 2.91.